The second-order valence-electron chi connectivity index (χ2n) is 5.89. The lowest BCUT2D eigenvalue weighted by atomic mass is 10.1. The maximum atomic E-state index is 6.05. The van der Waals surface area contributed by atoms with Crippen LogP contribution in [0.4, 0.5) is 0 Å². The van der Waals surface area contributed by atoms with Crippen molar-refractivity contribution in [3.8, 4) is 0 Å². The first-order valence-electron chi connectivity index (χ1n) is 8.74. The van der Waals surface area contributed by atoms with Crippen LogP contribution in [0.25, 0.3) is 0 Å². The van der Waals surface area contributed by atoms with Crippen LogP contribution in [-0.2, 0) is 22.8 Å². The Morgan fingerprint density at radius 1 is 1.09 bits per heavy atom. The summed E-state index contributed by atoms with van der Waals surface area (Å²) >= 11 is 0. The number of epoxide rings is 1. The van der Waals surface area contributed by atoms with E-state index in [1.165, 1.54) is 19.3 Å². The van der Waals surface area contributed by atoms with Gasteiger partial charge in [-0.1, -0.05) is 19.3 Å². The van der Waals surface area contributed by atoms with Gasteiger partial charge in [0.2, 0.25) is 0 Å². The number of ether oxygens (including phenoxy) is 2. The Bertz CT molecular complexity index is 267. The zero-order valence-electron chi connectivity index (χ0n) is 14.8. The summed E-state index contributed by atoms with van der Waals surface area (Å²) in [5.41, 5.74) is 0. The average Bonchev–Trinajstić information content (AvgIpc) is 3.26. The third-order valence-electron chi connectivity index (χ3n) is 3.58. The highest BCUT2D eigenvalue weighted by molar-refractivity contribution is 6.59. The van der Waals surface area contributed by atoms with E-state index >= 15 is 0 Å². The molecule has 0 amide bonds. The molecule has 1 aliphatic heterocycles. The first-order chi connectivity index (χ1) is 10.6. The highest BCUT2D eigenvalue weighted by atomic mass is 28.4. The smallest absolute Gasteiger partial charge is 0.379 e. The van der Waals surface area contributed by atoms with Gasteiger partial charge in [0, 0.05) is 32.5 Å². The number of rotatable bonds is 15. The maximum absolute atomic E-state index is 6.05. The normalized spacial score (nSPS) is 19.4. The summed E-state index contributed by atoms with van der Waals surface area (Å²) in [7, 11) is -2.44. The molecule has 1 heterocycles. The molecule has 5 nitrogen and oxygen atoms in total. The zero-order valence-corrected chi connectivity index (χ0v) is 15.8. The second kappa shape index (κ2) is 11.5. The molecule has 0 aliphatic carbocycles. The van der Waals surface area contributed by atoms with Crippen LogP contribution in [-0.4, -0.2) is 54.0 Å². The summed E-state index contributed by atoms with van der Waals surface area (Å²) < 4.78 is 28.1. The van der Waals surface area contributed by atoms with Crippen molar-refractivity contribution < 1.29 is 22.8 Å². The molecule has 0 N–H and O–H groups in total. The fourth-order valence-corrected chi connectivity index (χ4v) is 4.54. The van der Waals surface area contributed by atoms with E-state index in [0.29, 0.717) is 19.3 Å². The van der Waals surface area contributed by atoms with Crippen molar-refractivity contribution in [3.05, 3.63) is 0 Å². The number of unbranched alkanes of at least 4 members (excludes halogenated alkanes) is 3. The van der Waals surface area contributed by atoms with Gasteiger partial charge in [-0.25, -0.2) is 0 Å². The summed E-state index contributed by atoms with van der Waals surface area (Å²) in [6.45, 7) is 11.8. The highest BCUT2D eigenvalue weighted by Gasteiger charge is 2.35. The lowest BCUT2D eigenvalue weighted by Gasteiger charge is -2.28. The van der Waals surface area contributed by atoms with Gasteiger partial charge in [-0.05, 0) is 33.6 Å². The molecule has 0 radical (unpaired) electrons. The molecule has 2 atom stereocenters. The van der Waals surface area contributed by atoms with Gasteiger partial charge in [0.05, 0.1) is 13.2 Å². The van der Waals surface area contributed by atoms with Crippen LogP contribution in [0.3, 0.4) is 0 Å². The molecular weight excluding hydrogens is 300 g/mol. The van der Waals surface area contributed by atoms with Gasteiger partial charge in [0.15, 0.2) is 0 Å². The minimum absolute atomic E-state index is 0.193. The molecule has 1 saturated heterocycles. The quantitative estimate of drug-likeness (QED) is 0.261. The largest absolute Gasteiger partial charge is 0.497 e. The molecular formula is C16H34O5Si. The van der Waals surface area contributed by atoms with Crippen LogP contribution in [0.2, 0.25) is 6.55 Å². The Morgan fingerprint density at radius 3 is 2.32 bits per heavy atom. The van der Waals surface area contributed by atoms with Crippen molar-refractivity contribution >= 4 is 8.80 Å². The van der Waals surface area contributed by atoms with Crippen LogP contribution in [0.15, 0.2) is 0 Å². The highest BCUT2D eigenvalue weighted by Crippen LogP contribution is 2.16. The Morgan fingerprint density at radius 2 is 1.73 bits per heavy atom. The van der Waals surface area contributed by atoms with Crippen molar-refractivity contribution in [2.45, 2.75) is 71.6 Å². The SMILES string of the molecule is CCO[Si](C)(OCC)OC(C)CCCCCCOCC1CO1. The van der Waals surface area contributed by atoms with E-state index < -0.39 is 8.80 Å². The van der Waals surface area contributed by atoms with Gasteiger partial charge < -0.3 is 22.8 Å². The fourth-order valence-electron chi connectivity index (χ4n) is 2.43. The monoisotopic (exact) mass is 334 g/mol. The Labute approximate surface area is 137 Å². The lowest BCUT2D eigenvalue weighted by molar-refractivity contribution is 0.0406. The molecule has 22 heavy (non-hydrogen) atoms. The summed E-state index contributed by atoms with van der Waals surface area (Å²) in [4.78, 5) is 0. The number of hydrogen-bond acceptors (Lipinski definition) is 5. The average molecular weight is 335 g/mol. The summed E-state index contributed by atoms with van der Waals surface area (Å²) in [6.07, 6.45) is 6.37. The predicted octanol–water partition coefficient (Wildman–Crippen LogP) is 3.40. The molecule has 132 valence electrons. The van der Waals surface area contributed by atoms with Gasteiger partial charge in [-0.2, -0.15) is 0 Å². The van der Waals surface area contributed by atoms with Crippen LogP contribution >= 0.6 is 0 Å². The maximum Gasteiger partial charge on any atom is 0.497 e. The molecule has 0 aromatic rings. The van der Waals surface area contributed by atoms with Gasteiger partial charge in [-0.15, -0.1) is 0 Å². The number of hydrogen-bond donors (Lipinski definition) is 0. The van der Waals surface area contributed by atoms with E-state index in [2.05, 4.69) is 6.92 Å². The molecule has 0 bridgehead atoms. The molecule has 6 heteroatoms. The van der Waals surface area contributed by atoms with Crippen molar-refractivity contribution in [2.75, 3.05) is 33.0 Å². The van der Waals surface area contributed by atoms with Crippen molar-refractivity contribution in [3.63, 3.8) is 0 Å². The van der Waals surface area contributed by atoms with Crippen molar-refractivity contribution in [1.29, 1.82) is 0 Å². The topological polar surface area (TPSA) is 49.5 Å². The standard InChI is InChI=1S/C16H34O5Si/c1-5-19-22(4,20-6-2)21-15(3)11-9-7-8-10-12-17-13-16-14-18-16/h15-16H,5-14H2,1-4H3. The van der Waals surface area contributed by atoms with Crippen molar-refractivity contribution in [2.24, 2.45) is 0 Å². The van der Waals surface area contributed by atoms with E-state index in [0.717, 1.165) is 32.7 Å². The first-order valence-corrected chi connectivity index (χ1v) is 11.0. The summed E-state index contributed by atoms with van der Waals surface area (Å²) in [5, 5.41) is 0. The Kier molecular flexibility index (Phi) is 10.5. The third kappa shape index (κ3) is 9.92. The Hall–Kier alpha value is 0.0169. The van der Waals surface area contributed by atoms with Crippen molar-refractivity contribution in [1.82, 2.24) is 0 Å². The molecule has 1 rings (SSSR count). The van der Waals surface area contributed by atoms with Gasteiger partial charge in [0.1, 0.15) is 6.10 Å². The fraction of sp³-hybridized carbons (Fsp3) is 1.00. The Balaban J connectivity index is 1.97. The van der Waals surface area contributed by atoms with E-state index in [9.17, 15) is 0 Å². The predicted molar refractivity (Wildman–Crippen MR) is 89.1 cm³/mol. The minimum atomic E-state index is -2.44. The van der Waals surface area contributed by atoms with Gasteiger partial charge in [-0.3, -0.25) is 0 Å². The van der Waals surface area contributed by atoms with Crippen LogP contribution in [0.1, 0.15) is 52.9 Å². The van der Waals surface area contributed by atoms with E-state index in [1.807, 2.05) is 20.4 Å². The van der Waals surface area contributed by atoms with Gasteiger partial charge >= 0.3 is 8.80 Å². The van der Waals surface area contributed by atoms with Gasteiger partial charge in [0.25, 0.3) is 0 Å². The van der Waals surface area contributed by atoms with Crippen LogP contribution in [0.5, 0.6) is 0 Å². The molecule has 2 unspecified atom stereocenters. The van der Waals surface area contributed by atoms with Crippen LogP contribution in [0, 0.1) is 0 Å². The van der Waals surface area contributed by atoms with Crippen LogP contribution < -0.4 is 0 Å². The second-order valence-corrected chi connectivity index (χ2v) is 8.43. The summed E-state index contributed by atoms with van der Waals surface area (Å²) in [6, 6.07) is 0. The zero-order chi connectivity index (χ0) is 16.3. The molecule has 0 aromatic carbocycles. The van der Waals surface area contributed by atoms with E-state index in [1.54, 1.807) is 0 Å². The molecule has 0 aromatic heterocycles. The molecule has 0 spiro atoms. The lowest BCUT2D eigenvalue weighted by Crippen LogP contribution is -2.45. The molecule has 1 fully saturated rings. The molecule has 1 aliphatic rings. The summed E-state index contributed by atoms with van der Waals surface area (Å²) in [5.74, 6) is 0. The molecule has 0 saturated carbocycles. The van der Waals surface area contributed by atoms with E-state index in [4.69, 9.17) is 22.8 Å². The first kappa shape index (κ1) is 20.1. The van der Waals surface area contributed by atoms with E-state index in [-0.39, 0.29) is 6.10 Å². The third-order valence-corrected chi connectivity index (χ3v) is 6.04. The minimum Gasteiger partial charge on any atom is -0.379 e.